The maximum Gasteiger partial charge on any atom is 0.331 e. The maximum absolute atomic E-state index is 10.6. The molecule has 5 aromatic carbocycles. The molecule has 1 radical (unpaired) electrons. The largest absolute Gasteiger partial charge is 0.427 e. The lowest BCUT2D eigenvalue weighted by atomic mass is 9.80. The number of aliphatic hydroxyl groups is 1. The molecular weight excluding hydrogens is 505 g/mol. The molecule has 1 heterocycles. The molecule has 0 aliphatic heterocycles. The van der Waals surface area contributed by atoms with Gasteiger partial charge >= 0.3 is 7.48 Å². The van der Waals surface area contributed by atoms with Crippen molar-refractivity contribution in [1.29, 1.82) is 0 Å². The number of benzene rings is 5. The van der Waals surface area contributed by atoms with E-state index in [-0.39, 0.29) is 0 Å². The zero-order valence-electron chi connectivity index (χ0n) is 23.7. The van der Waals surface area contributed by atoms with Gasteiger partial charge < -0.3 is 9.76 Å². The molecule has 0 unspecified atom stereocenters. The highest BCUT2D eigenvalue weighted by Crippen LogP contribution is 2.31. The molecule has 0 atom stereocenters. The van der Waals surface area contributed by atoms with E-state index in [1.807, 2.05) is 80.6 Å². The van der Waals surface area contributed by atoms with Gasteiger partial charge in [0.1, 0.15) is 0 Å². The van der Waals surface area contributed by atoms with Crippen LogP contribution in [0.3, 0.4) is 0 Å². The van der Waals surface area contributed by atoms with Gasteiger partial charge in [0.05, 0.1) is 11.2 Å². The smallest absolute Gasteiger partial charge is 0.331 e. The van der Waals surface area contributed by atoms with Crippen molar-refractivity contribution in [2.75, 3.05) is 0 Å². The van der Waals surface area contributed by atoms with Crippen molar-refractivity contribution >= 4 is 34.5 Å². The van der Waals surface area contributed by atoms with Crippen LogP contribution in [0.1, 0.15) is 27.7 Å². The second-order valence-corrected chi connectivity index (χ2v) is 11.3. The van der Waals surface area contributed by atoms with Gasteiger partial charge in [-0.05, 0) is 60.8 Å². The molecule has 6 heteroatoms. The molecule has 5 nitrogen and oxygen atoms in total. The first-order chi connectivity index (χ1) is 19.7. The Morgan fingerprint density at radius 3 is 1.98 bits per heavy atom. The van der Waals surface area contributed by atoms with E-state index in [9.17, 15) is 5.11 Å². The van der Waals surface area contributed by atoms with Gasteiger partial charge in [-0.1, -0.05) is 103 Å². The molecule has 0 aliphatic rings. The molecule has 0 fully saturated rings. The third kappa shape index (κ3) is 5.36. The van der Waals surface area contributed by atoms with Crippen LogP contribution in [-0.4, -0.2) is 38.7 Å². The third-order valence-corrected chi connectivity index (χ3v) is 7.83. The first-order valence-electron chi connectivity index (χ1n) is 13.8. The Labute approximate surface area is 241 Å². The monoisotopic (exact) mass is 536 g/mol. The number of nitrogens with zero attached hydrogens (tertiary/aromatic N) is 3. The zero-order valence-corrected chi connectivity index (χ0v) is 23.7. The van der Waals surface area contributed by atoms with Crippen LogP contribution in [0.2, 0.25) is 0 Å². The van der Waals surface area contributed by atoms with Crippen molar-refractivity contribution in [2.45, 2.75) is 38.9 Å². The van der Waals surface area contributed by atoms with Crippen LogP contribution in [0.25, 0.3) is 55.7 Å². The normalized spacial score (nSPS) is 12.1. The van der Waals surface area contributed by atoms with Crippen molar-refractivity contribution in [2.24, 2.45) is 0 Å². The van der Waals surface area contributed by atoms with Crippen LogP contribution in [-0.2, 0) is 4.65 Å². The van der Waals surface area contributed by atoms with Crippen LogP contribution >= 0.6 is 0 Å². The maximum atomic E-state index is 10.6. The Hall–Kier alpha value is -4.39. The van der Waals surface area contributed by atoms with Crippen LogP contribution in [0.4, 0.5) is 0 Å². The van der Waals surface area contributed by atoms with Crippen LogP contribution < -0.4 is 5.46 Å². The summed E-state index contributed by atoms with van der Waals surface area (Å²) in [5.41, 5.74) is 1.88. The Bertz CT molecular complexity index is 1860. The summed E-state index contributed by atoms with van der Waals surface area (Å²) in [6.07, 6.45) is 0. The SMILES string of the molecule is CC(C)(O)C(C)(C)O[B]c1cccc2c(-c3nc(-c4ccccc4)nc(-c4ccc5ccccc5c4)n3)cccc12. The van der Waals surface area contributed by atoms with Crippen molar-refractivity contribution in [3.8, 4) is 34.2 Å². The van der Waals surface area contributed by atoms with Crippen molar-refractivity contribution in [3.63, 3.8) is 0 Å². The summed E-state index contributed by atoms with van der Waals surface area (Å²) in [5, 5.41) is 14.9. The molecule has 1 aromatic heterocycles. The van der Waals surface area contributed by atoms with E-state index >= 15 is 0 Å². The minimum absolute atomic E-state index is 0.600. The molecule has 0 saturated heterocycles. The zero-order chi connectivity index (χ0) is 28.6. The van der Waals surface area contributed by atoms with Gasteiger partial charge in [0, 0.05) is 16.7 Å². The lowest BCUT2D eigenvalue weighted by molar-refractivity contribution is -0.0893. The topological polar surface area (TPSA) is 68.1 Å². The molecule has 0 spiro atoms. The average Bonchev–Trinajstić information content (AvgIpc) is 2.99. The fraction of sp³-hybridized carbons (Fsp3) is 0.171. The third-order valence-electron chi connectivity index (χ3n) is 7.83. The molecule has 6 rings (SSSR count). The first kappa shape index (κ1) is 26.8. The standard InChI is InChI=1S/C35H31BN3O2/c1-34(2,40)35(3,4)41-36-30-19-11-16-27-28(30)17-10-18-29(27)33-38-31(24-13-6-5-7-14-24)37-32(39-33)26-21-20-23-12-8-9-15-25(23)22-26/h5-22,40H,1-4H3. The second kappa shape index (κ2) is 10.5. The number of fused-ring (bicyclic) bond motifs is 2. The summed E-state index contributed by atoms with van der Waals surface area (Å²) < 4.78 is 6.11. The molecule has 201 valence electrons. The van der Waals surface area contributed by atoms with Gasteiger partial charge in [0.25, 0.3) is 0 Å². The Kier molecular flexibility index (Phi) is 6.90. The molecule has 0 amide bonds. The number of rotatable bonds is 7. The molecule has 1 N–H and O–H groups in total. The molecule has 0 saturated carbocycles. The summed E-state index contributed by atoms with van der Waals surface area (Å²) in [6, 6.07) is 36.8. The lowest BCUT2D eigenvalue weighted by Gasteiger charge is -2.37. The van der Waals surface area contributed by atoms with Crippen molar-refractivity contribution < 1.29 is 9.76 Å². The van der Waals surface area contributed by atoms with E-state index in [0.717, 1.165) is 38.3 Å². The first-order valence-corrected chi connectivity index (χ1v) is 13.8. The molecule has 6 aromatic rings. The van der Waals surface area contributed by atoms with Crippen molar-refractivity contribution in [3.05, 3.63) is 109 Å². The number of hydrogen-bond donors (Lipinski definition) is 1. The molecule has 0 aliphatic carbocycles. The van der Waals surface area contributed by atoms with Crippen molar-refractivity contribution in [1.82, 2.24) is 15.0 Å². The summed E-state index contributed by atoms with van der Waals surface area (Å²) in [4.78, 5) is 14.9. The molecular formula is C35H31BN3O2. The average molecular weight is 536 g/mol. The van der Waals surface area contributed by atoms with E-state index in [4.69, 9.17) is 19.6 Å². The fourth-order valence-corrected chi connectivity index (χ4v) is 4.66. The quantitative estimate of drug-likeness (QED) is 0.223. The Morgan fingerprint density at radius 1 is 0.585 bits per heavy atom. The van der Waals surface area contributed by atoms with Crippen LogP contribution in [0.15, 0.2) is 109 Å². The van der Waals surface area contributed by atoms with Gasteiger partial charge in [-0.15, -0.1) is 0 Å². The molecule has 0 bridgehead atoms. The van der Waals surface area contributed by atoms with Gasteiger partial charge in [-0.2, -0.15) is 0 Å². The predicted octanol–water partition coefficient (Wildman–Crippen LogP) is 6.99. The minimum atomic E-state index is -1.02. The van der Waals surface area contributed by atoms with Gasteiger partial charge in [-0.3, -0.25) is 0 Å². The fourth-order valence-electron chi connectivity index (χ4n) is 4.66. The summed E-state index contributed by atoms with van der Waals surface area (Å²) in [6.45, 7) is 7.26. The summed E-state index contributed by atoms with van der Waals surface area (Å²) in [7, 11) is 1.73. The Morgan fingerprint density at radius 2 is 1.22 bits per heavy atom. The second-order valence-electron chi connectivity index (χ2n) is 11.3. The highest BCUT2D eigenvalue weighted by molar-refractivity contribution is 6.51. The van der Waals surface area contributed by atoms with E-state index in [1.54, 1.807) is 21.3 Å². The molecule has 41 heavy (non-hydrogen) atoms. The highest BCUT2D eigenvalue weighted by Gasteiger charge is 2.35. The van der Waals surface area contributed by atoms with Gasteiger partial charge in [0.2, 0.25) is 0 Å². The lowest BCUT2D eigenvalue weighted by Crippen LogP contribution is -2.49. The summed E-state index contributed by atoms with van der Waals surface area (Å²) in [5.74, 6) is 1.84. The predicted molar refractivity (Wildman–Crippen MR) is 168 cm³/mol. The van der Waals surface area contributed by atoms with Crippen LogP contribution in [0, 0.1) is 0 Å². The van der Waals surface area contributed by atoms with E-state index in [1.165, 1.54) is 5.39 Å². The van der Waals surface area contributed by atoms with E-state index < -0.39 is 11.2 Å². The number of hydrogen-bond acceptors (Lipinski definition) is 5. The van der Waals surface area contributed by atoms with Gasteiger partial charge in [-0.25, -0.2) is 15.0 Å². The number of aromatic nitrogens is 3. The Balaban J connectivity index is 1.49. The summed E-state index contributed by atoms with van der Waals surface area (Å²) >= 11 is 0. The minimum Gasteiger partial charge on any atom is -0.427 e. The van der Waals surface area contributed by atoms with Crippen LogP contribution in [0.5, 0.6) is 0 Å². The van der Waals surface area contributed by atoms with E-state index in [2.05, 4.69) is 42.5 Å². The highest BCUT2D eigenvalue weighted by atomic mass is 16.5. The van der Waals surface area contributed by atoms with Gasteiger partial charge in [0.15, 0.2) is 17.5 Å². The van der Waals surface area contributed by atoms with E-state index in [0.29, 0.717) is 17.5 Å².